The summed E-state index contributed by atoms with van der Waals surface area (Å²) in [4.78, 5) is 14.4. The summed E-state index contributed by atoms with van der Waals surface area (Å²) < 4.78 is 37.3. The highest BCUT2D eigenvalue weighted by Crippen LogP contribution is 2.24. The number of methoxy groups -OCH3 is 1. The van der Waals surface area contributed by atoms with Crippen LogP contribution in [0.4, 0.5) is 8.78 Å². The number of hydrogen-bond donors (Lipinski definition) is 0. The van der Waals surface area contributed by atoms with Gasteiger partial charge in [0.25, 0.3) is 5.91 Å². The first kappa shape index (κ1) is 18.6. The molecule has 1 aromatic carbocycles. The molecule has 2 aromatic rings. The molecule has 0 N–H and O–H groups in total. The predicted molar refractivity (Wildman–Crippen MR) is 92.7 cm³/mol. The third-order valence-corrected chi connectivity index (χ3v) is 4.80. The Morgan fingerprint density at radius 1 is 1.31 bits per heavy atom. The summed E-state index contributed by atoms with van der Waals surface area (Å²) in [5.74, 6) is 0.0519. The van der Waals surface area contributed by atoms with E-state index in [1.54, 1.807) is 24.1 Å². The van der Waals surface area contributed by atoms with Gasteiger partial charge in [-0.3, -0.25) is 4.79 Å². The first-order valence-corrected chi connectivity index (χ1v) is 8.87. The second kappa shape index (κ2) is 8.45. The molecular weight excluding hydrogens is 340 g/mol. The van der Waals surface area contributed by atoms with Gasteiger partial charge in [0, 0.05) is 26.3 Å². The van der Waals surface area contributed by atoms with Gasteiger partial charge in [0.1, 0.15) is 24.0 Å². The minimum Gasteiger partial charge on any atom is -0.453 e. The number of benzene rings is 1. The van der Waals surface area contributed by atoms with Crippen molar-refractivity contribution in [3.63, 3.8) is 0 Å². The number of hydrogen-bond acceptors (Lipinski definition) is 3. The van der Waals surface area contributed by atoms with Crippen molar-refractivity contribution in [2.45, 2.75) is 32.3 Å². The molecule has 1 aromatic heterocycles. The summed E-state index contributed by atoms with van der Waals surface area (Å²) in [7, 11) is 1.57. The Labute approximate surface area is 151 Å². The van der Waals surface area contributed by atoms with Crippen LogP contribution in [-0.2, 0) is 17.8 Å². The first-order chi connectivity index (χ1) is 12.6. The number of halogens is 2. The molecule has 26 heavy (non-hydrogen) atoms. The molecule has 4 nitrogen and oxygen atoms in total. The number of likely N-dealkylation sites (tertiary alicyclic amines) is 1. The lowest BCUT2D eigenvalue weighted by Crippen LogP contribution is -2.39. The minimum absolute atomic E-state index is 0.120. The maximum absolute atomic E-state index is 13.8. The lowest BCUT2D eigenvalue weighted by molar-refractivity contribution is 0.0629. The largest absolute Gasteiger partial charge is 0.453 e. The van der Waals surface area contributed by atoms with Crippen LogP contribution in [0.5, 0.6) is 0 Å². The molecule has 2 heterocycles. The Morgan fingerprint density at radius 3 is 2.92 bits per heavy atom. The van der Waals surface area contributed by atoms with Crippen molar-refractivity contribution in [3.05, 3.63) is 59.1 Å². The Balaban J connectivity index is 1.57. The van der Waals surface area contributed by atoms with E-state index in [1.807, 2.05) is 0 Å². The second-order valence-corrected chi connectivity index (χ2v) is 6.73. The maximum atomic E-state index is 13.8. The molecule has 0 radical (unpaired) electrons. The number of carbonyl (C=O) groups is 1. The standard InChI is InChI=1S/C20H23F2NO3/c1-25-13-17-8-9-19(26-17)20(24)23-10-2-3-14(12-23)4-5-15-6-7-16(21)11-18(15)22/h6-9,11,14H,2-5,10,12-13H2,1H3. The van der Waals surface area contributed by atoms with E-state index < -0.39 is 11.6 Å². The quantitative estimate of drug-likeness (QED) is 0.773. The first-order valence-electron chi connectivity index (χ1n) is 8.87. The van der Waals surface area contributed by atoms with Crippen molar-refractivity contribution in [1.82, 2.24) is 4.90 Å². The van der Waals surface area contributed by atoms with Crippen LogP contribution in [0.3, 0.4) is 0 Å². The summed E-state index contributed by atoms with van der Waals surface area (Å²) in [6, 6.07) is 7.12. The summed E-state index contributed by atoms with van der Waals surface area (Å²) in [6.45, 7) is 1.65. The lowest BCUT2D eigenvalue weighted by Gasteiger charge is -2.32. The molecule has 1 fully saturated rings. The van der Waals surface area contributed by atoms with E-state index in [1.165, 1.54) is 12.1 Å². The average Bonchev–Trinajstić information content (AvgIpc) is 3.09. The van der Waals surface area contributed by atoms with Crippen LogP contribution in [-0.4, -0.2) is 31.0 Å². The molecular formula is C20H23F2NO3. The van der Waals surface area contributed by atoms with E-state index in [4.69, 9.17) is 9.15 Å². The predicted octanol–water partition coefficient (Wildman–Crippen LogP) is 4.19. The van der Waals surface area contributed by atoms with Crippen molar-refractivity contribution in [2.24, 2.45) is 5.92 Å². The van der Waals surface area contributed by atoms with Gasteiger partial charge in [0.15, 0.2) is 5.76 Å². The van der Waals surface area contributed by atoms with E-state index in [-0.39, 0.29) is 5.91 Å². The number of nitrogens with zero attached hydrogens (tertiary/aromatic N) is 1. The molecule has 1 aliphatic rings. The molecule has 1 saturated heterocycles. The highest BCUT2D eigenvalue weighted by atomic mass is 19.1. The van der Waals surface area contributed by atoms with Gasteiger partial charge in [-0.2, -0.15) is 0 Å². The molecule has 1 unspecified atom stereocenters. The number of piperidine rings is 1. The topological polar surface area (TPSA) is 42.7 Å². The lowest BCUT2D eigenvalue weighted by atomic mass is 9.91. The van der Waals surface area contributed by atoms with Crippen LogP contribution < -0.4 is 0 Å². The Hall–Kier alpha value is -2.21. The Morgan fingerprint density at radius 2 is 2.15 bits per heavy atom. The monoisotopic (exact) mass is 363 g/mol. The molecule has 1 amide bonds. The van der Waals surface area contributed by atoms with Crippen molar-refractivity contribution in [3.8, 4) is 0 Å². The fourth-order valence-corrected chi connectivity index (χ4v) is 3.44. The van der Waals surface area contributed by atoms with Gasteiger partial charge in [-0.1, -0.05) is 6.07 Å². The molecule has 0 aliphatic carbocycles. The van der Waals surface area contributed by atoms with E-state index in [2.05, 4.69) is 0 Å². The summed E-state index contributed by atoms with van der Waals surface area (Å²) >= 11 is 0. The highest BCUT2D eigenvalue weighted by Gasteiger charge is 2.26. The third kappa shape index (κ3) is 4.49. The summed E-state index contributed by atoms with van der Waals surface area (Å²) in [5.41, 5.74) is 0.519. The van der Waals surface area contributed by atoms with Crippen molar-refractivity contribution in [2.75, 3.05) is 20.2 Å². The van der Waals surface area contributed by atoms with Crippen LogP contribution in [0.1, 0.15) is 41.1 Å². The molecule has 0 bridgehead atoms. The molecule has 1 atom stereocenters. The molecule has 0 saturated carbocycles. The molecule has 6 heteroatoms. The van der Waals surface area contributed by atoms with Crippen LogP contribution in [0.2, 0.25) is 0 Å². The smallest absolute Gasteiger partial charge is 0.289 e. The van der Waals surface area contributed by atoms with Crippen molar-refractivity contribution >= 4 is 5.91 Å². The van der Waals surface area contributed by atoms with Crippen molar-refractivity contribution < 1.29 is 22.7 Å². The number of ether oxygens (including phenoxy) is 1. The minimum atomic E-state index is -0.563. The Bertz CT molecular complexity index is 759. The number of furan rings is 1. The zero-order valence-corrected chi connectivity index (χ0v) is 14.8. The van der Waals surface area contributed by atoms with Gasteiger partial charge < -0.3 is 14.1 Å². The molecule has 3 rings (SSSR count). The Kier molecular flexibility index (Phi) is 6.04. The molecule has 1 aliphatic heterocycles. The zero-order valence-electron chi connectivity index (χ0n) is 14.8. The van der Waals surface area contributed by atoms with E-state index in [0.29, 0.717) is 49.1 Å². The van der Waals surface area contributed by atoms with Gasteiger partial charge >= 0.3 is 0 Å². The molecule has 0 spiro atoms. The summed E-state index contributed by atoms with van der Waals surface area (Å²) in [5, 5.41) is 0. The van der Waals surface area contributed by atoms with Crippen molar-refractivity contribution in [1.29, 1.82) is 0 Å². The fourth-order valence-electron chi connectivity index (χ4n) is 3.44. The third-order valence-electron chi connectivity index (χ3n) is 4.80. The zero-order chi connectivity index (χ0) is 18.5. The van der Waals surface area contributed by atoms with Crippen LogP contribution >= 0.6 is 0 Å². The van der Waals surface area contributed by atoms with Gasteiger partial charge in [-0.05, 0) is 55.4 Å². The number of aryl methyl sites for hydroxylation is 1. The van der Waals surface area contributed by atoms with Crippen LogP contribution in [0, 0.1) is 17.6 Å². The maximum Gasteiger partial charge on any atom is 0.289 e. The van der Waals surface area contributed by atoms with Gasteiger partial charge in [-0.25, -0.2) is 8.78 Å². The van der Waals surface area contributed by atoms with E-state index >= 15 is 0 Å². The SMILES string of the molecule is COCc1ccc(C(=O)N2CCCC(CCc3ccc(F)cc3F)C2)o1. The number of amides is 1. The number of rotatable bonds is 6. The highest BCUT2D eigenvalue weighted by molar-refractivity contribution is 5.91. The normalized spacial score (nSPS) is 17.5. The fraction of sp³-hybridized carbons (Fsp3) is 0.450. The molecule has 140 valence electrons. The summed E-state index contributed by atoms with van der Waals surface area (Å²) in [6.07, 6.45) is 3.21. The van der Waals surface area contributed by atoms with Gasteiger partial charge in [0.05, 0.1) is 0 Å². The van der Waals surface area contributed by atoms with E-state index in [9.17, 15) is 13.6 Å². The van der Waals surface area contributed by atoms with Crippen LogP contribution in [0.15, 0.2) is 34.7 Å². The van der Waals surface area contributed by atoms with Crippen LogP contribution in [0.25, 0.3) is 0 Å². The van der Waals surface area contributed by atoms with E-state index in [0.717, 1.165) is 25.3 Å². The average molecular weight is 363 g/mol. The van der Waals surface area contributed by atoms with Gasteiger partial charge in [-0.15, -0.1) is 0 Å². The van der Waals surface area contributed by atoms with Gasteiger partial charge in [0.2, 0.25) is 0 Å². The number of carbonyl (C=O) groups excluding carboxylic acids is 1. The second-order valence-electron chi connectivity index (χ2n) is 6.73.